The normalized spacial score (nSPS) is 12.6. The second-order valence-corrected chi connectivity index (χ2v) is 15.3. The van der Waals surface area contributed by atoms with E-state index in [-0.39, 0.29) is 5.41 Å². The van der Waals surface area contributed by atoms with Gasteiger partial charge in [0.05, 0.1) is 11.4 Å². The molecule has 1 aliphatic carbocycles. The lowest BCUT2D eigenvalue weighted by atomic mass is 9.82. The Kier molecular flexibility index (Phi) is 8.23. The summed E-state index contributed by atoms with van der Waals surface area (Å²) in [5.74, 6) is 0. The second kappa shape index (κ2) is 13.7. The molecule has 1 nitrogen and oxygen atoms in total. The summed E-state index contributed by atoms with van der Waals surface area (Å²) < 4.78 is 0. The molecule has 0 saturated heterocycles. The van der Waals surface area contributed by atoms with E-state index in [0.29, 0.717) is 0 Å². The van der Waals surface area contributed by atoms with Crippen LogP contribution in [0.25, 0.3) is 66.4 Å². The van der Waals surface area contributed by atoms with Crippen molar-refractivity contribution in [2.75, 3.05) is 4.90 Å². The highest BCUT2D eigenvalue weighted by Crippen LogP contribution is 2.53. The van der Waals surface area contributed by atoms with E-state index < -0.39 is 0 Å². The molecule has 0 amide bonds. The van der Waals surface area contributed by atoms with Crippen LogP contribution in [0.3, 0.4) is 0 Å². The van der Waals surface area contributed by atoms with E-state index >= 15 is 0 Å². The Balaban J connectivity index is 1.26. The molecule has 9 aromatic carbocycles. The average molecular weight is 716 g/mol. The predicted octanol–water partition coefficient (Wildman–Crippen LogP) is 15.3. The first kappa shape index (κ1) is 33.6. The third-order valence-corrected chi connectivity index (χ3v) is 11.7. The summed E-state index contributed by atoms with van der Waals surface area (Å²) in [6.07, 6.45) is 0. The van der Waals surface area contributed by atoms with Crippen molar-refractivity contribution in [3.05, 3.63) is 223 Å². The molecule has 1 heteroatoms. The Hall–Kier alpha value is -6.96. The molecule has 0 spiro atoms. The van der Waals surface area contributed by atoms with E-state index in [0.717, 1.165) is 17.1 Å². The summed E-state index contributed by atoms with van der Waals surface area (Å²) in [4.78, 5) is 2.50. The van der Waals surface area contributed by atoms with Gasteiger partial charge < -0.3 is 4.90 Å². The molecule has 0 bridgehead atoms. The van der Waals surface area contributed by atoms with Crippen LogP contribution >= 0.6 is 0 Å². The van der Waals surface area contributed by atoms with Crippen molar-refractivity contribution < 1.29 is 0 Å². The number of rotatable bonds is 7. The van der Waals surface area contributed by atoms with Gasteiger partial charge in [-0.3, -0.25) is 0 Å². The van der Waals surface area contributed by atoms with E-state index in [1.165, 1.54) is 77.5 Å². The van der Waals surface area contributed by atoms with Crippen LogP contribution in [0.15, 0.2) is 212 Å². The Morgan fingerprint density at radius 3 is 1.64 bits per heavy atom. The smallest absolute Gasteiger partial charge is 0.0540 e. The molecular formula is C55H41N. The second-order valence-electron chi connectivity index (χ2n) is 15.3. The van der Waals surface area contributed by atoms with Gasteiger partial charge in [0.25, 0.3) is 0 Å². The van der Waals surface area contributed by atoms with Crippen LogP contribution in [0.1, 0.15) is 25.0 Å². The van der Waals surface area contributed by atoms with Crippen LogP contribution in [-0.2, 0) is 5.41 Å². The number of benzene rings is 9. The van der Waals surface area contributed by atoms with Gasteiger partial charge in [-0.15, -0.1) is 0 Å². The maximum Gasteiger partial charge on any atom is 0.0540 e. The lowest BCUT2D eigenvalue weighted by Gasteiger charge is -2.31. The minimum absolute atomic E-state index is 0.135. The van der Waals surface area contributed by atoms with Crippen LogP contribution in [0, 0.1) is 0 Å². The number of fused-ring (bicyclic) bond motifs is 4. The van der Waals surface area contributed by atoms with Gasteiger partial charge in [0, 0.05) is 22.1 Å². The first-order valence-electron chi connectivity index (χ1n) is 19.5. The quantitative estimate of drug-likeness (QED) is 0.159. The van der Waals surface area contributed by atoms with Crippen molar-refractivity contribution in [3.63, 3.8) is 0 Å². The number of nitrogens with zero attached hydrogens (tertiary/aromatic N) is 1. The molecule has 10 rings (SSSR count). The zero-order valence-electron chi connectivity index (χ0n) is 31.7. The molecule has 56 heavy (non-hydrogen) atoms. The van der Waals surface area contributed by atoms with E-state index in [4.69, 9.17) is 0 Å². The fourth-order valence-corrected chi connectivity index (χ4v) is 9.03. The molecule has 0 heterocycles. The van der Waals surface area contributed by atoms with Crippen molar-refractivity contribution in [1.82, 2.24) is 0 Å². The molecule has 0 atom stereocenters. The summed E-state index contributed by atoms with van der Waals surface area (Å²) in [7, 11) is 0. The SMILES string of the molecule is CC1(C)c2ccccc2-c2ccc(N(c3ccccc3-c3cccc(-c4ccccc4)c3-c3ccccc3-c3ccccc3)c3cccc4ccccc34)cc21. The highest BCUT2D eigenvalue weighted by molar-refractivity contribution is 6.05. The molecule has 0 saturated carbocycles. The maximum absolute atomic E-state index is 2.50. The summed E-state index contributed by atoms with van der Waals surface area (Å²) in [6.45, 7) is 4.73. The number of hydrogen-bond acceptors (Lipinski definition) is 1. The molecule has 0 aromatic heterocycles. The highest BCUT2D eigenvalue weighted by atomic mass is 15.1. The zero-order chi connectivity index (χ0) is 37.6. The molecule has 9 aromatic rings. The predicted molar refractivity (Wildman–Crippen MR) is 238 cm³/mol. The third-order valence-electron chi connectivity index (χ3n) is 11.7. The van der Waals surface area contributed by atoms with Crippen molar-refractivity contribution in [3.8, 4) is 55.6 Å². The molecule has 1 aliphatic rings. The number of para-hydroxylation sites is 1. The number of anilines is 3. The molecule has 0 radical (unpaired) electrons. The fraction of sp³-hybridized carbons (Fsp3) is 0.0545. The van der Waals surface area contributed by atoms with Gasteiger partial charge >= 0.3 is 0 Å². The summed E-state index contributed by atoms with van der Waals surface area (Å²) in [5, 5.41) is 2.42. The Morgan fingerprint density at radius 1 is 0.339 bits per heavy atom. The molecule has 266 valence electrons. The number of hydrogen-bond donors (Lipinski definition) is 0. The van der Waals surface area contributed by atoms with Gasteiger partial charge in [-0.05, 0) is 90.8 Å². The van der Waals surface area contributed by atoms with Crippen LogP contribution in [0.5, 0.6) is 0 Å². The summed E-state index contributed by atoms with van der Waals surface area (Å²) in [5.41, 5.74) is 18.2. The zero-order valence-corrected chi connectivity index (χ0v) is 31.7. The van der Waals surface area contributed by atoms with E-state index in [1.54, 1.807) is 0 Å². The van der Waals surface area contributed by atoms with E-state index in [2.05, 4.69) is 231 Å². The summed E-state index contributed by atoms with van der Waals surface area (Å²) in [6, 6.07) is 77.7. The third kappa shape index (κ3) is 5.55. The highest BCUT2D eigenvalue weighted by Gasteiger charge is 2.36. The lowest BCUT2D eigenvalue weighted by Crippen LogP contribution is -2.17. The van der Waals surface area contributed by atoms with E-state index in [1.807, 2.05) is 0 Å². The first-order valence-corrected chi connectivity index (χ1v) is 19.5. The van der Waals surface area contributed by atoms with Gasteiger partial charge in [0.2, 0.25) is 0 Å². The molecule has 0 aliphatic heterocycles. The van der Waals surface area contributed by atoms with Gasteiger partial charge in [-0.2, -0.15) is 0 Å². The Bertz CT molecular complexity index is 2880. The van der Waals surface area contributed by atoms with Crippen LogP contribution in [-0.4, -0.2) is 0 Å². The van der Waals surface area contributed by atoms with Crippen molar-refractivity contribution in [2.24, 2.45) is 0 Å². The first-order chi connectivity index (χ1) is 27.6. The molecule has 0 fully saturated rings. The van der Waals surface area contributed by atoms with E-state index in [9.17, 15) is 0 Å². The van der Waals surface area contributed by atoms with Crippen LogP contribution in [0.2, 0.25) is 0 Å². The molecular weight excluding hydrogens is 675 g/mol. The van der Waals surface area contributed by atoms with Gasteiger partial charge in [-0.25, -0.2) is 0 Å². The van der Waals surface area contributed by atoms with Crippen molar-refractivity contribution in [1.29, 1.82) is 0 Å². The monoisotopic (exact) mass is 715 g/mol. The maximum atomic E-state index is 2.50. The molecule has 0 N–H and O–H groups in total. The average Bonchev–Trinajstić information content (AvgIpc) is 3.49. The van der Waals surface area contributed by atoms with Crippen molar-refractivity contribution in [2.45, 2.75) is 19.3 Å². The Morgan fingerprint density at radius 2 is 0.857 bits per heavy atom. The Labute approximate surface area is 329 Å². The fourth-order valence-electron chi connectivity index (χ4n) is 9.03. The largest absolute Gasteiger partial charge is 0.309 e. The minimum Gasteiger partial charge on any atom is -0.309 e. The topological polar surface area (TPSA) is 3.24 Å². The molecule has 0 unspecified atom stereocenters. The van der Waals surface area contributed by atoms with Crippen LogP contribution in [0.4, 0.5) is 17.1 Å². The minimum atomic E-state index is -0.135. The van der Waals surface area contributed by atoms with Gasteiger partial charge in [0.15, 0.2) is 0 Å². The summed E-state index contributed by atoms with van der Waals surface area (Å²) >= 11 is 0. The standard InChI is InChI=1S/C55H41N/c1-55(2)50-32-15-13-27-45(50)46-36-35-41(37-51(46)55)56(52-34-17-24-39-23-9-10-26-43(39)52)53-33-16-14-28-47(53)49-31-18-30-44(40-21-7-4-8-22-40)54(49)48-29-12-11-25-42(48)38-19-5-3-6-20-38/h3-37H,1-2H3. The van der Waals surface area contributed by atoms with Crippen LogP contribution < -0.4 is 4.90 Å². The lowest BCUT2D eigenvalue weighted by molar-refractivity contribution is 0.660. The van der Waals surface area contributed by atoms with Gasteiger partial charge in [0.1, 0.15) is 0 Å². The van der Waals surface area contributed by atoms with Gasteiger partial charge in [-0.1, -0.05) is 202 Å². The van der Waals surface area contributed by atoms with Crippen molar-refractivity contribution >= 4 is 27.8 Å².